The minimum atomic E-state index is -0.0873. The first-order valence-corrected chi connectivity index (χ1v) is 5.51. The van der Waals surface area contributed by atoms with E-state index in [0.29, 0.717) is 12.1 Å². The van der Waals surface area contributed by atoms with Crippen molar-refractivity contribution in [3.05, 3.63) is 29.8 Å². The summed E-state index contributed by atoms with van der Waals surface area (Å²) in [5.74, 6) is -0.0657. The van der Waals surface area contributed by atoms with Crippen molar-refractivity contribution in [2.45, 2.75) is 6.92 Å². The summed E-state index contributed by atoms with van der Waals surface area (Å²) in [5, 5.41) is 11.4. The smallest absolute Gasteiger partial charge is 0.224 e. The molecular formula is C13H17N3O. The molecule has 1 aromatic carbocycles. The lowest BCUT2D eigenvalue weighted by molar-refractivity contribution is -0.123. The lowest BCUT2D eigenvalue weighted by Crippen LogP contribution is -2.34. The highest BCUT2D eigenvalue weighted by Crippen LogP contribution is 2.15. The maximum absolute atomic E-state index is 11.4. The van der Waals surface area contributed by atoms with Crippen LogP contribution in [0.2, 0.25) is 0 Å². The minimum absolute atomic E-state index is 0.0216. The zero-order chi connectivity index (χ0) is 12.8. The van der Waals surface area contributed by atoms with Crippen molar-refractivity contribution in [3.63, 3.8) is 0 Å². The van der Waals surface area contributed by atoms with Crippen molar-refractivity contribution >= 4 is 11.6 Å². The zero-order valence-electron chi connectivity index (χ0n) is 10.4. The number of rotatable bonds is 4. The Labute approximate surface area is 102 Å². The number of carbonyl (C=O) groups excluding carboxylic acids is 1. The second-order valence-corrected chi connectivity index (χ2v) is 4.06. The third kappa shape index (κ3) is 3.49. The highest BCUT2D eigenvalue weighted by molar-refractivity contribution is 5.78. The van der Waals surface area contributed by atoms with Gasteiger partial charge in [0.15, 0.2) is 0 Å². The number of carbonyl (C=O) groups is 1. The van der Waals surface area contributed by atoms with Crippen LogP contribution >= 0.6 is 0 Å². The molecule has 4 heteroatoms. The Balaban J connectivity index is 2.73. The second-order valence-electron chi connectivity index (χ2n) is 4.06. The van der Waals surface area contributed by atoms with Crippen molar-refractivity contribution < 1.29 is 4.79 Å². The Kier molecular flexibility index (Phi) is 4.53. The predicted octanol–water partition coefficient (Wildman–Crippen LogP) is 1.38. The van der Waals surface area contributed by atoms with Crippen LogP contribution in [-0.2, 0) is 4.79 Å². The third-order valence-electron chi connectivity index (χ3n) is 2.66. The van der Waals surface area contributed by atoms with Gasteiger partial charge in [0.25, 0.3) is 0 Å². The van der Waals surface area contributed by atoms with Crippen LogP contribution in [0.3, 0.4) is 0 Å². The Morgan fingerprint density at radius 3 is 2.88 bits per heavy atom. The molecule has 4 nitrogen and oxygen atoms in total. The van der Waals surface area contributed by atoms with E-state index in [1.165, 1.54) is 0 Å². The summed E-state index contributed by atoms with van der Waals surface area (Å²) in [4.78, 5) is 13.4. The Hall–Kier alpha value is -2.02. The van der Waals surface area contributed by atoms with Crippen molar-refractivity contribution in [2.24, 2.45) is 5.92 Å². The molecule has 0 aliphatic carbocycles. The van der Waals surface area contributed by atoms with Gasteiger partial charge < -0.3 is 10.2 Å². The van der Waals surface area contributed by atoms with Crippen molar-refractivity contribution in [1.29, 1.82) is 5.26 Å². The highest BCUT2D eigenvalue weighted by Gasteiger charge is 2.13. The van der Waals surface area contributed by atoms with E-state index in [0.717, 1.165) is 5.69 Å². The average Bonchev–Trinajstić information content (AvgIpc) is 2.37. The standard InChI is InChI=1S/C13H17N3O/c1-10(13(17)15-2)9-16(3)12-6-4-5-11(7-12)8-14/h4-7,10H,9H2,1-3H3,(H,15,17). The van der Waals surface area contributed by atoms with Gasteiger partial charge in [0.2, 0.25) is 5.91 Å². The van der Waals surface area contributed by atoms with E-state index in [1.807, 2.05) is 37.1 Å². The van der Waals surface area contributed by atoms with Gasteiger partial charge in [0, 0.05) is 26.3 Å². The first-order valence-electron chi connectivity index (χ1n) is 5.51. The number of benzene rings is 1. The lowest BCUT2D eigenvalue weighted by atomic mass is 10.1. The topological polar surface area (TPSA) is 56.1 Å². The van der Waals surface area contributed by atoms with E-state index >= 15 is 0 Å². The SMILES string of the molecule is CNC(=O)C(C)CN(C)c1cccc(C#N)c1. The van der Waals surface area contributed by atoms with E-state index in [9.17, 15) is 4.79 Å². The van der Waals surface area contributed by atoms with Crippen molar-refractivity contribution in [3.8, 4) is 6.07 Å². The monoisotopic (exact) mass is 231 g/mol. The molecule has 0 fully saturated rings. The molecule has 17 heavy (non-hydrogen) atoms. The first-order chi connectivity index (χ1) is 8.08. The first kappa shape index (κ1) is 13.0. The zero-order valence-corrected chi connectivity index (χ0v) is 10.4. The fourth-order valence-corrected chi connectivity index (χ4v) is 1.66. The summed E-state index contributed by atoms with van der Waals surface area (Å²) in [7, 11) is 3.55. The quantitative estimate of drug-likeness (QED) is 0.851. The van der Waals surface area contributed by atoms with Crippen LogP contribution in [0.1, 0.15) is 12.5 Å². The van der Waals surface area contributed by atoms with E-state index in [4.69, 9.17) is 5.26 Å². The second kappa shape index (κ2) is 5.90. The summed E-state index contributed by atoms with van der Waals surface area (Å²) in [6.07, 6.45) is 0. The number of amides is 1. The Morgan fingerprint density at radius 1 is 1.59 bits per heavy atom. The van der Waals surface area contributed by atoms with Gasteiger partial charge in [0.1, 0.15) is 0 Å². The van der Waals surface area contributed by atoms with Crippen LogP contribution in [-0.4, -0.2) is 26.5 Å². The van der Waals surface area contributed by atoms with Crippen LogP contribution in [0.4, 0.5) is 5.69 Å². The van der Waals surface area contributed by atoms with Crippen LogP contribution in [0.15, 0.2) is 24.3 Å². The molecule has 0 spiro atoms. The number of anilines is 1. The lowest BCUT2D eigenvalue weighted by Gasteiger charge is -2.22. The fraction of sp³-hybridized carbons (Fsp3) is 0.385. The molecule has 0 aliphatic rings. The maximum atomic E-state index is 11.4. The van der Waals surface area contributed by atoms with Crippen LogP contribution in [0, 0.1) is 17.2 Å². The molecule has 0 bridgehead atoms. The van der Waals surface area contributed by atoms with Crippen LogP contribution in [0.5, 0.6) is 0 Å². The van der Waals surface area contributed by atoms with Crippen LogP contribution in [0.25, 0.3) is 0 Å². The number of nitriles is 1. The predicted molar refractivity (Wildman–Crippen MR) is 67.7 cm³/mol. The molecule has 0 saturated carbocycles. The van der Waals surface area contributed by atoms with Gasteiger partial charge in [0.05, 0.1) is 17.6 Å². The number of nitrogens with one attached hydrogen (secondary N) is 1. The molecule has 90 valence electrons. The Bertz CT molecular complexity index is 437. The largest absolute Gasteiger partial charge is 0.374 e. The summed E-state index contributed by atoms with van der Waals surface area (Å²) in [5.41, 5.74) is 1.57. The van der Waals surface area contributed by atoms with Gasteiger partial charge >= 0.3 is 0 Å². The van der Waals surface area contributed by atoms with Crippen molar-refractivity contribution in [1.82, 2.24) is 5.32 Å². The molecule has 1 rings (SSSR count). The van der Waals surface area contributed by atoms with E-state index in [-0.39, 0.29) is 11.8 Å². The molecule has 1 N–H and O–H groups in total. The van der Waals surface area contributed by atoms with Gasteiger partial charge in [-0.25, -0.2) is 0 Å². The average molecular weight is 231 g/mol. The number of hydrogen-bond donors (Lipinski definition) is 1. The third-order valence-corrected chi connectivity index (χ3v) is 2.66. The molecule has 0 aliphatic heterocycles. The minimum Gasteiger partial charge on any atom is -0.374 e. The molecule has 0 heterocycles. The molecule has 1 amide bonds. The molecule has 1 aromatic rings. The van der Waals surface area contributed by atoms with Gasteiger partial charge in [-0.2, -0.15) is 5.26 Å². The number of hydrogen-bond acceptors (Lipinski definition) is 3. The summed E-state index contributed by atoms with van der Waals surface area (Å²) >= 11 is 0. The summed E-state index contributed by atoms with van der Waals surface area (Å²) in [6.45, 7) is 2.50. The van der Waals surface area contributed by atoms with Gasteiger partial charge in [-0.1, -0.05) is 13.0 Å². The summed E-state index contributed by atoms with van der Waals surface area (Å²) in [6, 6.07) is 9.45. The molecule has 0 saturated heterocycles. The van der Waals surface area contributed by atoms with Gasteiger partial charge in [-0.05, 0) is 18.2 Å². The van der Waals surface area contributed by atoms with E-state index in [1.54, 1.807) is 13.1 Å². The molecule has 1 unspecified atom stereocenters. The molecule has 0 radical (unpaired) electrons. The normalized spacial score (nSPS) is 11.4. The van der Waals surface area contributed by atoms with Crippen LogP contribution < -0.4 is 10.2 Å². The van der Waals surface area contributed by atoms with E-state index < -0.39 is 0 Å². The fourth-order valence-electron chi connectivity index (χ4n) is 1.66. The molecule has 1 atom stereocenters. The molecule has 0 aromatic heterocycles. The highest BCUT2D eigenvalue weighted by atomic mass is 16.1. The van der Waals surface area contributed by atoms with Gasteiger partial charge in [-0.15, -0.1) is 0 Å². The Morgan fingerprint density at radius 2 is 2.29 bits per heavy atom. The molecular weight excluding hydrogens is 214 g/mol. The van der Waals surface area contributed by atoms with E-state index in [2.05, 4.69) is 11.4 Å². The van der Waals surface area contributed by atoms with Gasteiger partial charge in [-0.3, -0.25) is 4.79 Å². The van der Waals surface area contributed by atoms with Crippen molar-refractivity contribution in [2.75, 3.05) is 25.5 Å². The maximum Gasteiger partial charge on any atom is 0.224 e. The number of nitrogens with zero attached hydrogens (tertiary/aromatic N) is 2. The summed E-state index contributed by atoms with van der Waals surface area (Å²) < 4.78 is 0.